The second-order valence-electron chi connectivity index (χ2n) is 9.66. The Morgan fingerprint density at radius 1 is 0.950 bits per heavy atom. The lowest BCUT2D eigenvalue weighted by Gasteiger charge is -2.29. The predicted molar refractivity (Wildman–Crippen MR) is 151 cm³/mol. The fourth-order valence-corrected chi connectivity index (χ4v) is 5.69. The molecule has 0 bridgehead atoms. The van der Waals surface area contributed by atoms with Crippen molar-refractivity contribution < 1.29 is 27.5 Å². The number of nitrogens with zero attached hydrogens (tertiary/aromatic N) is 2. The van der Waals surface area contributed by atoms with Gasteiger partial charge in [0.25, 0.3) is 5.91 Å². The van der Waals surface area contributed by atoms with E-state index >= 15 is 0 Å². The molecule has 9 nitrogen and oxygen atoms in total. The summed E-state index contributed by atoms with van der Waals surface area (Å²) in [5.74, 6) is -0.292. The van der Waals surface area contributed by atoms with Gasteiger partial charge in [-0.05, 0) is 49.2 Å². The van der Waals surface area contributed by atoms with Crippen LogP contribution in [-0.4, -0.2) is 68.4 Å². The molecular formula is C30H35N3O6S. The normalized spacial score (nSPS) is 14.8. The van der Waals surface area contributed by atoms with Crippen LogP contribution in [0, 0.1) is 6.92 Å². The highest BCUT2D eigenvalue weighted by atomic mass is 32.2. The van der Waals surface area contributed by atoms with Crippen molar-refractivity contribution in [2.24, 2.45) is 0 Å². The third kappa shape index (κ3) is 7.68. The Bertz CT molecular complexity index is 1370. The molecule has 3 aromatic rings. The van der Waals surface area contributed by atoms with Crippen LogP contribution in [0.25, 0.3) is 0 Å². The van der Waals surface area contributed by atoms with Gasteiger partial charge in [-0.2, -0.15) is 4.31 Å². The second-order valence-corrected chi connectivity index (χ2v) is 11.6. The molecule has 4 rings (SSSR count). The Labute approximate surface area is 235 Å². The monoisotopic (exact) mass is 565 g/mol. The fraction of sp³-hybridized carbons (Fsp3) is 0.333. The van der Waals surface area contributed by atoms with Gasteiger partial charge in [0.15, 0.2) is 6.61 Å². The lowest BCUT2D eigenvalue weighted by atomic mass is 10.1. The average molecular weight is 566 g/mol. The number of benzene rings is 3. The maximum Gasteiger partial charge on any atom is 0.261 e. The molecule has 1 atom stereocenters. The largest absolute Gasteiger partial charge is 0.484 e. The van der Waals surface area contributed by atoms with Crippen LogP contribution >= 0.6 is 0 Å². The predicted octanol–water partition coefficient (Wildman–Crippen LogP) is 3.13. The Balaban J connectivity index is 1.40. The summed E-state index contributed by atoms with van der Waals surface area (Å²) in [6.07, 6.45) is 0. The first-order valence-corrected chi connectivity index (χ1v) is 14.7. The summed E-state index contributed by atoms with van der Waals surface area (Å²) in [6, 6.07) is 22.6. The molecule has 0 saturated carbocycles. The molecular weight excluding hydrogens is 530 g/mol. The van der Waals surface area contributed by atoms with Gasteiger partial charge in [0.1, 0.15) is 11.8 Å². The maximum atomic E-state index is 13.3. The van der Waals surface area contributed by atoms with E-state index < -0.39 is 16.1 Å². The molecule has 1 aliphatic heterocycles. The van der Waals surface area contributed by atoms with E-state index in [4.69, 9.17) is 9.47 Å². The Morgan fingerprint density at radius 2 is 1.60 bits per heavy atom. The molecule has 1 saturated heterocycles. The quantitative estimate of drug-likeness (QED) is 0.383. The topological polar surface area (TPSA) is 105 Å². The number of rotatable bonds is 11. The molecule has 1 heterocycles. The van der Waals surface area contributed by atoms with Crippen LogP contribution in [0.1, 0.15) is 23.6 Å². The zero-order valence-corrected chi connectivity index (χ0v) is 23.6. The molecule has 2 amide bonds. The summed E-state index contributed by atoms with van der Waals surface area (Å²) in [5, 5.41) is 2.92. The van der Waals surface area contributed by atoms with Gasteiger partial charge in [0, 0.05) is 26.2 Å². The van der Waals surface area contributed by atoms with Gasteiger partial charge in [-0.1, -0.05) is 60.2 Å². The van der Waals surface area contributed by atoms with Crippen molar-refractivity contribution in [2.45, 2.75) is 37.9 Å². The molecule has 1 N–H and O–H groups in total. The van der Waals surface area contributed by atoms with Crippen molar-refractivity contribution >= 4 is 21.8 Å². The summed E-state index contributed by atoms with van der Waals surface area (Å²) in [5.41, 5.74) is 2.98. The van der Waals surface area contributed by atoms with Crippen LogP contribution in [0.5, 0.6) is 5.75 Å². The second kappa shape index (κ2) is 13.6. The van der Waals surface area contributed by atoms with Gasteiger partial charge in [0.05, 0.1) is 18.1 Å². The number of ether oxygens (including phenoxy) is 2. The van der Waals surface area contributed by atoms with Crippen LogP contribution in [0.3, 0.4) is 0 Å². The van der Waals surface area contributed by atoms with Gasteiger partial charge in [-0.3, -0.25) is 9.59 Å². The van der Waals surface area contributed by atoms with Crippen molar-refractivity contribution in [1.29, 1.82) is 0 Å². The first-order valence-electron chi connectivity index (χ1n) is 13.2. The van der Waals surface area contributed by atoms with E-state index in [1.54, 1.807) is 6.92 Å². The van der Waals surface area contributed by atoms with Crippen molar-refractivity contribution in [2.75, 3.05) is 32.9 Å². The van der Waals surface area contributed by atoms with Gasteiger partial charge < -0.3 is 19.7 Å². The SMILES string of the molecule is Cc1ccc(CNC(=O)[C@@H](C)N(Cc2ccccc2)C(=O)COc2ccc(S(=O)(=O)N3CCOCC3)cc2)cc1. The number of hydrogen-bond acceptors (Lipinski definition) is 6. The van der Waals surface area contributed by atoms with Gasteiger partial charge >= 0.3 is 0 Å². The molecule has 0 unspecified atom stereocenters. The van der Waals surface area contributed by atoms with Crippen LogP contribution < -0.4 is 10.1 Å². The lowest BCUT2D eigenvalue weighted by molar-refractivity contribution is -0.142. The number of morpholine rings is 1. The minimum Gasteiger partial charge on any atom is -0.484 e. The molecule has 40 heavy (non-hydrogen) atoms. The molecule has 212 valence electrons. The fourth-order valence-electron chi connectivity index (χ4n) is 4.28. The number of aryl methyl sites for hydroxylation is 1. The highest BCUT2D eigenvalue weighted by Crippen LogP contribution is 2.21. The van der Waals surface area contributed by atoms with E-state index in [0.717, 1.165) is 16.7 Å². The van der Waals surface area contributed by atoms with E-state index in [-0.39, 0.29) is 29.9 Å². The first kappa shape index (κ1) is 29.3. The van der Waals surface area contributed by atoms with E-state index in [1.165, 1.54) is 33.5 Å². The standard InChI is InChI=1S/C30H35N3O6S/c1-23-8-10-25(11-9-23)20-31-30(35)24(2)33(21-26-6-4-3-5-7-26)29(34)22-39-27-12-14-28(15-13-27)40(36,37)32-16-18-38-19-17-32/h3-15,24H,16-22H2,1-2H3,(H,31,35)/t24-/m1/s1. The summed E-state index contributed by atoms with van der Waals surface area (Å²) in [4.78, 5) is 28.0. The van der Waals surface area contributed by atoms with Crippen molar-refractivity contribution in [1.82, 2.24) is 14.5 Å². The third-order valence-corrected chi connectivity index (χ3v) is 8.66. The molecule has 0 aromatic heterocycles. The van der Waals surface area contributed by atoms with Crippen LogP contribution in [0.15, 0.2) is 83.8 Å². The van der Waals surface area contributed by atoms with Gasteiger partial charge in [-0.15, -0.1) is 0 Å². The van der Waals surface area contributed by atoms with E-state index in [0.29, 0.717) is 38.6 Å². The number of amides is 2. The summed E-state index contributed by atoms with van der Waals surface area (Å²) in [7, 11) is -3.63. The third-order valence-electron chi connectivity index (χ3n) is 6.74. The molecule has 0 radical (unpaired) electrons. The number of carbonyl (C=O) groups excluding carboxylic acids is 2. The van der Waals surface area contributed by atoms with Crippen LogP contribution in [0.2, 0.25) is 0 Å². The maximum absolute atomic E-state index is 13.3. The molecule has 3 aromatic carbocycles. The number of sulfonamides is 1. The zero-order valence-electron chi connectivity index (χ0n) is 22.8. The number of carbonyl (C=O) groups is 2. The molecule has 10 heteroatoms. The van der Waals surface area contributed by atoms with E-state index in [1.807, 2.05) is 61.5 Å². The highest BCUT2D eigenvalue weighted by molar-refractivity contribution is 7.89. The molecule has 1 aliphatic rings. The summed E-state index contributed by atoms with van der Waals surface area (Å²) in [6.45, 7) is 5.32. The molecule has 1 fully saturated rings. The molecule has 0 spiro atoms. The van der Waals surface area contributed by atoms with Crippen LogP contribution in [0.4, 0.5) is 0 Å². The first-order chi connectivity index (χ1) is 19.2. The van der Waals surface area contributed by atoms with Crippen LogP contribution in [-0.2, 0) is 37.4 Å². The van der Waals surface area contributed by atoms with Gasteiger partial charge in [-0.25, -0.2) is 8.42 Å². The number of hydrogen-bond donors (Lipinski definition) is 1. The van der Waals surface area contributed by atoms with Gasteiger partial charge in [0.2, 0.25) is 15.9 Å². The minimum atomic E-state index is -3.63. The summed E-state index contributed by atoms with van der Waals surface area (Å²) >= 11 is 0. The average Bonchev–Trinajstić information content (AvgIpc) is 2.99. The smallest absolute Gasteiger partial charge is 0.261 e. The molecule has 0 aliphatic carbocycles. The van der Waals surface area contributed by atoms with E-state index in [9.17, 15) is 18.0 Å². The van der Waals surface area contributed by atoms with Crippen molar-refractivity contribution in [3.8, 4) is 5.75 Å². The lowest BCUT2D eigenvalue weighted by Crippen LogP contribution is -2.48. The Morgan fingerprint density at radius 3 is 2.25 bits per heavy atom. The number of nitrogens with one attached hydrogen (secondary N) is 1. The Hall–Kier alpha value is -3.73. The minimum absolute atomic E-state index is 0.151. The summed E-state index contributed by atoms with van der Waals surface area (Å²) < 4.78 is 38.1. The van der Waals surface area contributed by atoms with Crippen molar-refractivity contribution in [3.05, 3.63) is 95.6 Å². The zero-order chi connectivity index (χ0) is 28.5. The highest BCUT2D eigenvalue weighted by Gasteiger charge is 2.28. The van der Waals surface area contributed by atoms with Crippen molar-refractivity contribution in [3.63, 3.8) is 0 Å². The van der Waals surface area contributed by atoms with E-state index in [2.05, 4.69) is 5.32 Å². The Kier molecular flexibility index (Phi) is 9.92.